The quantitative estimate of drug-likeness (QED) is 0.0363. The van der Waals surface area contributed by atoms with E-state index in [9.17, 15) is 23.8 Å². The summed E-state index contributed by atoms with van der Waals surface area (Å²) in [7, 11) is -5.52. The summed E-state index contributed by atoms with van der Waals surface area (Å²) in [5.74, 6) is -0.104. The van der Waals surface area contributed by atoms with Crippen LogP contribution in [0.15, 0.2) is 11.6 Å². The van der Waals surface area contributed by atoms with Crippen LogP contribution in [0.25, 0.3) is 0 Å². The molecule has 0 spiro atoms. The summed E-state index contributed by atoms with van der Waals surface area (Å²) in [6.07, 6.45) is 34.6. The predicted octanol–water partition coefficient (Wildman–Crippen LogP) is 14.0. The van der Waals surface area contributed by atoms with E-state index in [4.69, 9.17) is 5.11 Å². The average molecular weight is 1000 g/mol. The predicted molar refractivity (Wildman–Crippen MR) is 288 cm³/mol. The van der Waals surface area contributed by atoms with Crippen LogP contribution in [0.3, 0.4) is 0 Å². The second-order valence-electron chi connectivity index (χ2n) is 19.4. The minimum Gasteiger partial charge on any atom is -0.790 e. The lowest BCUT2D eigenvalue weighted by Gasteiger charge is -2.39. The van der Waals surface area contributed by atoms with Gasteiger partial charge in [0.2, 0.25) is 0 Å². The minimum absolute atomic E-state index is 0.104. The van der Waals surface area contributed by atoms with Gasteiger partial charge in [0.05, 0.1) is 93.0 Å². The lowest BCUT2D eigenvalue weighted by molar-refractivity contribution is -0.929. The molecule has 0 aliphatic heterocycles. The minimum atomic E-state index is -5.52. The fourth-order valence-electron chi connectivity index (χ4n) is 8.42. The number of hydrogen-bond acceptors (Lipinski definition) is 8. The number of unbranched alkanes of at least 4 members (excludes halogenated alkanes) is 12. The summed E-state index contributed by atoms with van der Waals surface area (Å²) in [6.45, 7) is 41.7. The Morgan fingerprint density at radius 1 is 0.424 bits per heavy atom. The van der Waals surface area contributed by atoms with Gasteiger partial charge in [-0.3, -0.25) is 8.88 Å². The van der Waals surface area contributed by atoms with Crippen LogP contribution < -0.4 is 14.7 Å². The molecule has 0 bridgehead atoms. The van der Waals surface area contributed by atoms with Gasteiger partial charge in [-0.1, -0.05) is 183 Å². The van der Waals surface area contributed by atoms with Crippen LogP contribution in [0.4, 0.5) is 0 Å². The van der Waals surface area contributed by atoms with E-state index >= 15 is 0 Å². The lowest BCUT2D eigenvalue weighted by Crippen LogP contribution is -2.50. The number of rotatable bonds is 42. The molecule has 1 atom stereocenters. The number of phosphoric acid groups is 1. The van der Waals surface area contributed by atoms with Gasteiger partial charge in [-0.15, -0.1) is 0 Å². The molecule has 1 unspecified atom stereocenters. The molecule has 0 saturated carbocycles. The Morgan fingerprint density at radius 3 is 0.742 bits per heavy atom. The van der Waals surface area contributed by atoms with Crippen molar-refractivity contribution in [2.75, 3.05) is 90.9 Å². The largest absolute Gasteiger partial charge is 0.790 e. The van der Waals surface area contributed by atoms with Crippen LogP contribution in [0.5, 0.6) is 0 Å². The third-order valence-electron chi connectivity index (χ3n) is 12.9. The summed E-state index contributed by atoms with van der Waals surface area (Å²) in [4.78, 5) is 30.8. The highest BCUT2D eigenvalue weighted by Gasteiger charge is 2.27. The average Bonchev–Trinajstić information content (AvgIpc) is 3.29. The molecule has 0 aliphatic rings. The van der Waals surface area contributed by atoms with Gasteiger partial charge in [0.15, 0.2) is 6.80 Å². The SMILES string of the molecule is C/C(=C\CSP(=O)([O-])OP(=O)([O-])[O-])CO.CCCC[N+](CCCC)(CCCC)CCCC.CCCC[N+](CCCC)(CCCC)CCCC.CCCC[N+](CCCC)(CCCC)CCCC. The first kappa shape index (κ1) is 72.8. The van der Waals surface area contributed by atoms with Crippen LogP contribution in [0.2, 0.25) is 0 Å². The van der Waals surface area contributed by atoms with Crippen LogP contribution >= 0.6 is 26.0 Å². The van der Waals surface area contributed by atoms with Crippen LogP contribution in [-0.4, -0.2) is 109 Å². The van der Waals surface area contributed by atoms with Crippen molar-refractivity contribution in [3.63, 3.8) is 0 Å². The second kappa shape index (κ2) is 48.8. The van der Waals surface area contributed by atoms with Crippen LogP contribution in [0, 0.1) is 0 Å². The first-order chi connectivity index (χ1) is 31.4. The van der Waals surface area contributed by atoms with Gasteiger partial charge in [0.25, 0.3) is 0 Å². The number of nitrogens with zero attached hydrogens (tertiary/aromatic N) is 3. The number of aliphatic hydroxyl groups excluding tert-OH is 1. The normalized spacial score (nSPS) is 13.3. The molecular weight excluding hydrogens is 885 g/mol. The van der Waals surface area contributed by atoms with Gasteiger partial charge in [-0.05, 0) is 84.0 Å². The van der Waals surface area contributed by atoms with Crippen molar-refractivity contribution in [2.45, 2.75) is 244 Å². The van der Waals surface area contributed by atoms with Crippen molar-refractivity contribution in [3.8, 4) is 0 Å². The molecule has 0 aromatic heterocycles. The number of quaternary nitrogens is 3. The molecule has 13 heteroatoms. The Hall–Kier alpha value is 0.230. The summed E-state index contributed by atoms with van der Waals surface area (Å²) < 4.78 is 28.4. The maximum Gasteiger partial charge on any atom is 0.196 e. The van der Waals surface area contributed by atoms with Gasteiger partial charge in [-0.2, -0.15) is 0 Å². The molecule has 66 heavy (non-hydrogen) atoms. The maximum atomic E-state index is 10.8. The molecule has 0 aromatic carbocycles. The smallest absolute Gasteiger partial charge is 0.196 e. The third-order valence-corrected chi connectivity index (χ3v) is 17.2. The monoisotopic (exact) mass is 1000 g/mol. The Bertz CT molecular complexity index is 946. The third kappa shape index (κ3) is 45.4. The van der Waals surface area contributed by atoms with E-state index < -0.39 is 14.6 Å². The van der Waals surface area contributed by atoms with Crippen molar-refractivity contribution in [1.82, 2.24) is 0 Å². The van der Waals surface area contributed by atoms with E-state index in [1.807, 2.05) is 0 Å². The summed E-state index contributed by atoms with van der Waals surface area (Å²) >= 11 is 0.167. The van der Waals surface area contributed by atoms with Crippen molar-refractivity contribution in [2.24, 2.45) is 0 Å². The highest BCUT2D eigenvalue weighted by molar-refractivity contribution is 8.54. The van der Waals surface area contributed by atoms with Crippen molar-refractivity contribution < 1.29 is 46.7 Å². The van der Waals surface area contributed by atoms with Gasteiger partial charge in [0, 0.05) is 5.75 Å². The molecule has 0 heterocycles. The number of aliphatic hydroxyl groups is 1. The standard InChI is InChI=1S/3C16H36N.C5H12O7P2S/c3*1-5-9-13-17(14-10-6-2,15-11-7-3)16-12-8-4;1-5(4-6)2-3-15-14(10,11)12-13(7,8)9/h3*5-16H2,1-4H3;2,6H,3-4H2,1H3,(H,10,11)(H2,7,8,9)/q3*+1;/p-3/b;;;5-2+. The summed E-state index contributed by atoms with van der Waals surface area (Å²) in [5, 5.41) is 8.55. The zero-order chi connectivity index (χ0) is 51.1. The maximum absolute atomic E-state index is 10.8. The Morgan fingerprint density at radius 2 is 0.606 bits per heavy atom. The van der Waals surface area contributed by atoms with E-state index in [0.717, 1.165) is 0 Å². The number of hydrogen-bond donors (Lipinski definition) is 1. The molecule has 0 fully saturated rings. The van der Waals surface area contributed by atoms with Crippen molar-refractivity contribution in [1.29, 1.82) is 0 Å². The van der Waals surface area contributed by atoms with E-state index in [1.165, 1.54) is 252 Å². The summed E-state index contributed by atoms with van der Waals surface area (Å²) in [5.41, 5.74) is 0.523. The fraction of sp³-hybridized carbons (Fsp3) is 0.962. The van der Waals surface area contributed by atoms with Gasteiger partial charge in [0.1, 0.15) is 0 Å². The first-order valence-corrected chi connectivity index (χ1v) is 32.5. The molecular formula is C53H117N3O7P2S. The first-order valence-electron chi connectivity index (χ1n) is 27.9. The van der Waals surface area contributed by atoms with E-state index in [1.54, 1.807) is 6.92 Å². The topological polar surface area (TPSA) is 133 Å². The highest BCUT2D eigenvalue weighted by Crippen LogP contribution is 2.59. The molecule has 0 saturated heterocycles. The van der Waals surface area contributed by atoms with Gasteiger partial charge in [-0.25, -0.2) is 0 Å². The van der Waals surface area contributed by atoms with Crippen molar-refractivity contribution in [3.05, 3.63) is 11.6 Å². The molecule has 0 radical (unpaired) electrons. The molecule has 402 valence electrons. The van der Waals surface area contributed by atoms with E-state index in [0.29, 0.717) is 5.57 Å². The molecule has 0 aliphatic carbocycles. The highest BCUT2D eigenvalue weighted by atomic mass is 32.7. The Balaban J connectivity index is -0.000000389. The molecule has 0 aromatic rings. The zero-order valence-electron chi connectivity index (χ0n) is 46.5. The molecule has 0 amide bonds. The summed E-state index contributed by atoms with van der Waals surface area (Å²) in [6, 6.07) is 0. The van der Waals surface area contributed by atoms with Crippen LogP contribution in [0.1, 0.15) is 244 Å². The lowest BCUT2D eigenvalue weighted by atomic mass is 10.1. The van der Waals surface area contributed by atoms with E-state index in [-0.39, 0.29) is 23.7 Å². The van der Waals surface area contributed by atoms with Crippen molar-refractivity contribution >= 4 is 26.0 Å². The zero-order valence-corrected chi connectivity index (χ0v) is 49.1. The second-order valence-corrected chi connectivity index (χ2v) is 24.6. The van der Waals surface area contributed by atoms with Gasteiger partial charge < -0.3 is 37.8 Å². The van der Waals surface area contributed by atoms with Gasteiger partial charge >= 0.3 is 0 Å². The molecule has 0 rings (SSSR count). The van der Waals surface area contributed by atoms with Crippen LogP contribution in [-0.2, 0) is 13.4 Å². The molecule has 1 N–H and O–H groups in total. The molecule has 10 nitrogen and oxygen atoms in total. The van der Waals surface area contributed by atoms with E-state index in [2.05, 4.69) is 87.4 Å². The Labute approximate surface area is 417 Å². The Kier molecular flexibility index (Phi) is 53.8. The fourth-order valence-corrected chi connectivity index (χ4v) is 12.1.